The minimum absolute atomic E-state index is 0.196. The number of rotatable bonds is 6. The molecular weight excluding hydrogens is 481 g/mol. The number of aliphatic hydroxyl groups excluding tert-OH is 1. The minimum Gasteiger partial charge on any atom is -0.493 e. The van der Waals surface area contributed by atoms with Crippen LogP contribution in [0.2, 0.25) is 0 Å². The maximum absolute atomic E-state index is 13.1. The number of hydrogen-bond acceptors (Lipinski definition) is 9. The first-order valence-corrected chi connectivity index (χ1v) is 11.2. The number of halogens is 3. The van der Waals surface area contributed by atoms with Gasteiger partial charge in [-0.25, -0.2) is 13.0 Å². The van der Waals surface area contributed by atoms with Crippen LogP contribution in [0.3, 0.4) is 0 Å². The van der Waals surface area contributed by atoms with Crippen LogP contribution in [0, 0.1) is 17.2 Å². The number of benzene rings is 2. The molecule has 3 aromatic rings. The normalized spacial score (nSPS) is 21.6. The molecule has 1 aliphatic rings. The van der Waals surface area contributed by atoms with Crippen LogP contribution in [-0.4, -0.2) is 65.2 Å². The zero-order valence-corrected chi connectivity index (χ0v) is 18.0. The molecule has 0 spiro atoms. The van der Waals surface area contributed by atoms with Crippen LogP contribution in [0.1, 0.15) is 11.1 Å². The molecule has 0 aliphatic carbocycles. The maximum atomic E-state index is 13.1. The maximum Gasteiger partial charge on any atom is 0.416 e. The van der Waals surface area contributed by atoms with Gasteiger partial charge in [0, 0.05) is 25.1 Å². The van der Waals surface area contributed by atoms with E-state index >= 15 is 0 Å². The lowest BCUT2D eigenvalue weighted by Gasteiger charge is -2.26. The molecule has 2 aromatic carbocycles. The first-order chi connectivity index (χ1) is 16.0. The second-order valence-corrected chi connectivity index (χ2v) is 9.71. The van der Waals surface area contributed by atoms with E-state index in [4.69, 9.17) is 4.74 Å². The van der Waals surface area contributed by atoms with Gasteiger partial charge in [0.1, 0.15) is 28.5 Å². The summed E-state index contributed by atoms with van der Waals surface area (Å²) in [6, 6.07) is 7.88. The predicted octanol–water partition coefficient (Wildman–Crippen LogP) is 1.54. The highest BCUT2D eigenvalue weighted by atomic mass is 32.2. The number of sulfonamides is 1. The number of alkyl halides is 3. The Morgan fingerprint density at radius 2 is 1.97 bits per heavy atom. The van der Waals surface area contributed by atoms with Crippen molar-refractivity contribution in [2.75, 3.05) is 26.3 Å². The Kier molecular flexibility index (Phi) is 5.98. The molecule has 1 aromatic heterocycles. The van der Waals surface area contributed by atoms with E-state index in [2.05, 4.69) is 14.9 Å². The summed E-state index contributed by atoms with van der Waals surface area (Å²) in [5.74, 6) is -0.558. The number of aliphatic hydroxyl groups is 2. The number of ether oxygens (including phenoxy) is 1. The van der Waals surface area contributed by atoms with Crippen LogP contribution < -0.4 is 4.74 Å². The van der Waals surface area contributed by atoms with Crippen molar-refractivity contribution in [3.63, 3.8) is 0 Å². The summed E-state index contributed by atoms with van der Waals surface area (Å²) in [6.45, 7) is -1.84. The molecule has 0 unspecified atom stereocenters. The van der Waals surface area contributed by atoms with Gasteiger partial charge in [-0.05, 0) is 40.6 Å². The van der Waals surface area contributed by atoms with Crippen molar-refractivity contribution in [1.82, 2.24) is 14.6 Å². The fourth-order valence-electron chi connectivity index (χ4n) is 3.69. The van der Waals surface area contributed by atoms with E-state index in [1.54, 1.807) is 12.1 Å². The third kappa shape index (κ3) is 4.30. The molecule has 1 aliphatic heterocycles. The number of hydrogen-bond donors (Lipinski definition) is 2. The zero-order chi connectivity index (χ0) is 24.7. The predicted molar refractivity (Wildman–Crippen MR) is 108 cm³/mol. The van der Waals surface area contributed by atoms with Gasteiger partial charge < -0.3 is 14.9 Å². The van der Waals surface area contributed by atoms with E-state index in [-0.39, 0.29) is 13.2 Å². The van der Waals surface area contributed by atoms with Crippen LogP contribution in [0.25, 0.3) is 11.0 Å². The van der Waals surface area contributed by atoms with Gasteiger partial charge >= 0.3 is 6.18 Å². The quantitative estimate of drug-likeness (QED) is 0.516. The van der Waals surface area contributed by atoms with E-state index in [1.165, 1.54) is 12.1 Å². The van der Waals surface area contributed by atoms with Crippen molar-refractivity contribution in [1.29, 1.82) is 5.26 Å². The van der Waals surface area contributed by atoms with Crippen molar-refractivity contribution >= 4 is 21.1 Å². The topological polar surface area (TPSA) is 150 Å². The number of nitrogens with zero attached hydrogens (tertiary/aromatic N) is 4. The van der Waals surface area contributed by atoms with E-state index in [9.17, 15) is 37.1 Å². The number of aromatic nitrogens is 2. The van der Waals surface area contributed by atoms with Crippen LogP contribution in [-0.2, 0) is 16.2 Å². The highest BCUT2D eigenvalue weighted by Gasteiger charge is 2.50. The summed E-state index contributed by atoms with van der Waals surface area (Å²) in [7, 11) is -4.48. The Balaban J connectivity index is 1.57. The van der Waals surface area contributed by atoms with Gasteiger partial charge in [0.2, 0.25) is 10.0 Å². The molecule has 2 heterocycles. The highest BCUT2D eigenvalue weighted by molar-refractivity contribution is 7.89. The number of β-amino-alcohol motifs (C(OH)–C–C–N with tert-alkyl or cyclic N) is 1. The van der Waals surface area contributed by atoms with Crippen LogP contribution >= 0.6 is 0 Å². The SMILES string of the molecule is N#Cc1cc(C(F)(F)F)ccc1S(=O)(=O)N1C[C@H](COc2ccc3nonc3c2)[C@](O)(CO)C1. The molecule has 2 atom stereocenters. The molecule has 34 heavy (non-hydrogen) atoms. The fraction of sp³-hybridized carbons (Fsp3) is 0.350. The Morgan fingerprint density at radius 3 is 2.65 bits per heavy atom. The van der Waals surface area contributed by atoms with Crippen molar-refractivity contribution in [2.24, 2.45) is 5.92 Å². The lowest BCUT2D eigenvalue weighted by atomic mass is 9.92. The molecular formula is C20H17F3N4O6S. The second-order valence-electron chi connectivity index (χ2n) is 7.80. The van der Waals surface area contributed by atoms with E-state index in [1.807, 2.05) is 0 Å². The molecule has 1 saturated heterocycles. The first kappa shape index (κ1) is 23.9. The average Bonchev–Trinajstić information content (AvgIpc) is 3.41. The summed E-state index contributed by atoms with van der Waals surface area (Å²) >= 11 is 0. The minimum atomic E-state index is -4.76. The smallest absolute Gasteiger partial charge is 0.416 e. The molecule has 14 heteroatoms. The summed E-state index contributed by atoms with van der Waals surface area (Å²) in [4.78, 5) is -0.631. The molecule has 0 bridgehead atoms. The second kappa shape index (κ2) is 8.51. The molecule has 180 valence electrons. The largest absolute Gasteiger partial charge is 0.493 e. The summed E-state index contributed by atoms with van der Waals surface area (Å²) in [5, 5.41) is 37.2. The van der Waals surface area contributed by atoms with Crippen molar-refractivity contribution in [3.8, 4) is 11.8 Å². The molecule has 0 saturated carbocycles. The standard InChI is InChI=1S/C20H17F3N4O6S/c21-20(22,23)13-1-4-18(12(5-13)7-24)34(30,31)27-8-14(19(29,10-27)11-28)9-32-15-2-3-16-17(6-15)26-33-25-16/h1-6,14,28-29H,8-11H2/t14-,19-/m1/s1. The average molecular weight is 498 g/mol. The monoisotopic (exact) mass is 498 g/mol. The molecule has 4 rings (SSSR count). The van der Waals surface area contributed by atoms with Gasteiger partial charge in [-0.15, -0.1) is 0 Å². The number of nitriles is 1. The molecule has 0 amide bonds. The van der Waals surface area contributed by atoms with Gasteiger partial charge in [-0.1, -0.05) is 0 Å². The Bertz CT molecular complexity index is 1370. The van der Waals surface area contributed by atoms with E-state index in [0.29, 0.717) is 35.0 Å². The fourth-order valence-corrected chi connectivity index (χ4v) is 5.36. The summed E-state index contributed by atoms with van der Waals surface area (Å²) in [6.07, 6.45) is -4.76. The lowest BCUT2D eigenvalue weighted by molar-refractivity contribution is -0.137. The Labute approximate surface area is 190 Å². The van der Waals surface area contributed by atoms with Crippen molar-refractivity contribution < 1.29 is 41.2 Å². The van der Waals surface area contributed by atoms with Gasteiger partial charge in [0.05, 0.1) is 29.2 Å². The summed E-state index contributed by atoms with van der Waals surface area (Å²) < 4.78 is 76.3. The first-order valence-electron chi connectivity index (χ1n) is 9.78. The van der Waals surface area contributed by atoms with Gasteiger partial charge in [-0.2, -0.15) is 22.7 Å². The Hall–Kier alpha value is -3.25. The van der Waals surface area contributed by atoms with E-state index < -0.39 is 56.9 Å². The lowest BCUT2D eigenvalue weighted by Crippen LogP contribution is -2.44. The van der Waals surface area contributed by atoms with Crippen LogP contribution in [0.4, 0.5) is 13.2 Å². The van der Waals surface area contributed by atoms with Crippen LogP contribution in [0.5, 0.6) is 5.75 Å². The van der Waals surface area contributed by atoms with Gasteiger partial charge in [0.25, 0.3) is 0 Å². The van der Waals surface area contributed by atoms with Crippen molar-refractivity contribution in [3.05, 3.63) is 47.5 Å². The third-order valence-corrected chi connectivity index (χ3v) is 7.50. The van der Waals surface area contributed by atoms with Gasteiger partial charge in [-0.3, -0.25) is 0 Å². The molecule has 2 N–H and O–H groups in total. The van der Waals surface area contributed by atoms with Gasteiger partial charge in [0.15, 0.2) is 0 Å². The summed E-state index contributed by atoms with van der Waals surface area (Å²) in [5.41, 5.74) is -2.83. The molecule has 1 fully saturated rings. The number of fused-ring (bicyclic) bond motifs is 1. The third-order valence-electron chi connectivity index (χ3n) is 5.63. The molecule has 0 radical (unpaired) electrons. The highest BCUT2D eigenvalue weighted by Crippen LogP contribution is 2.36. The van der Waals surface area contributed by atoms with Crippen molar-refractivity contribution in [2.45, 2.75) is 16.7 Å². The molecule has 10 nitrogen and oxygen atoms in total. The van der Waals surface area contributed by atoms with E-state index in [0.717, 1.165) is 4.31 Å². The van der Waals surface area contributed by atoms with Crippen LogP contribution in [0.15, 0.2) is 45.9 Å². The Morgan fingerprint density at radius 1 is 1.24 bits per heavy atom. The zero-order valence-electron chi connectivity index (χ0n) is 17.2.